The number of rotatable bonds is 3. The van der Waals surface area contributed by atoms with Gasteiger partial charge in [0.15, 0.2) is 5.69 Å². The summed E-state index contributed by atoms with van der Waals surface area (Å²) in [5, 5.41) is 0.914. The molecular formula is C15H17NO3. The van der Waals surface area contributed by atoms with Crippen LogP contribution in [0, 0.1) is 13.8 Å². The van der Waals surface area contributed by atoms with Crippen LogP contribution in [0.2, 0.25) is 0 Å². The van der Waals surface area contributed by atoms with Gasteiger partial charge in [-0.25, -0.2) is 9.78 Å². The zero-order chi connectivity index (χ0) is 14.0. The Balaban J connectivity index is 2.76. The van der Waals surface area contributed by atoms with Crippen molar-refractivity contribution in [1.82, 2.24) is 4.98 Å². The fourth-order valence-corrected chi connectivity index (χ4v) is 1.98. The third-order valence-corrected chi connectivity index (χ3v) is 3.16. The molecule has 1 aromatic heterocycles. The maximum atomic E-state index is 11.7. The van der Waals surface area contributed by atoms with Crippen LogP contribution in [-0.4, -0.2) is 24.7 Å². The smallest absolute Gasteiger partial charge is 0.356 e. The molecule has 0 bridgehead atoms. The molecule has 0 N–H and O–H groups in total. The number of carbonyl (C=O) groups excluding carboxylic acids is 1. The van der Waals surface area contributed by atoms with E-state index in [4.69, 9.17) is 9.47 Å². The van der Waals surface area contributed by atoms with Crippen LogP contribution >= 0.6 is 0 Å². The van der Waals surface area contributed by atoms with Crippen LogP contribution < -0.4 is 4.74 Å². The second kappa shape index (κ2) is 5.26. The average Bonchev–Trinajstić information content (AvgIpc) is 2.42. The van der Waals surface area contributed by atoms with Crippen LogP contribution in [0.1, 0.15) is 28.5 Å². The van der Waals surface area contributed by atoms with Crippen LogP contribution in [0.25, 0.3) is 10.9 Å². The lowest BCUT2D eigenvalue weighted by atomic mass is 10.0. The van der Waals surface area contributed by atoms with Gasteiger partial charge in [0.2, 0.25) is 0 Å². The van der Waals surface area contributed by atoms with Crippen molar-refractivity contribution >= 4 is 16.9 Å². The molecule has 0 saturated heterocycles. The van der Waals surface area contributed by atoms with Gasteiger partial charge in [0.25, 0.3) is 0 Å². The van der Waals surface area contributed by atoms with E-state index in [1.165, 1.54) is 7.11 Å². The van der Waals surface area contributed by atoms with E-state index in [0.717, 1.165) is 22.0 Å². The molecule has 0 aliphatic rings. The van der Waals surface area contributed by atoms with Crippen molar-refractivity contribution in [1.29, 1.82) is 0 Å². The minimum Gasteiger partial charge on any atom is -0.493 e. The van der Waals surface area contributed by atoms with E-state index in [2.05, 4.69) is 4.98 Å². The molecular weight excluding hydrogens is 242 g/mol. The van der Waals surface area contributed by atoms with E-state index in [1.807, 2.05) is 32.9 Å². The number of nitrogens with zero attached hydrogens (tertiary/aromatic N) is 1. The number of fused-ring (bicyclic) bond motifs is 1. The lowest BCUT2D eigenvalue weighted by Crippen LogP contribution is -2.06. The molecule has 0 fully saturated rings. The van der Waals surface area contributed by atoms with Crippen molar-refractivity contribution in [2.75, 3.05) is 13.7 Å². The first kappa shape index (κ1) is 13.3. The van der Waals surface area contributed by atoms with Gasteiger partial charge in [0.05, 0.1) is 19.2 Å². The molecule has 0 spiro atoms. The SMILES string of the molecule is CCOc1cc(C(=O)OC)nc2c(C)c(C)ccc12. The van der Waals surface area contributed by atoms with Crippen LogP contribution in [0.5, 0.6) is 5.75 Å². The summed E-state index contributed by atoms with van der Waals surface area (Å²) in [6.07, 6.45) is 0. The van der Waals surface area contributed by atoms with Crippen molar-refractivity contribution in [3.8, 4) is 5.75 Å². The maximum absolute atomic E-state index is 11.7. The Bertz CT molecular complexity index is 635. The van der Waals surface area contributed by atoms with Gasteiger partial charge in [-0.3, -0.25) is 0 Å². The van der Waals surface area contributed by atoms with Crippen molar-refractivity contribution in [2.45, 2.75) is 20.8 Å². The summed E-state index contributed by atoms with van der Waals surface area (Å²) >= 11 is 0. The van der Waals surface area contributed by atoms with E-state index in [9.17, 15) is 4.79 Å². The van der Waals surface area contributed by atoms with E-state index < -0.39 is 5.97 Å². The highest BCUT2D eigenvalue weighted by Gasteiger charge is 2.15. The summed E-state index contributed by atoms with van der Waals surface area (Å²) in [4.78, 5) is 16.1. The zero-order valence-electron chi connectivity index (χ0n) is 11.6. The van der Waals surface area contributed by atoms with E-state index in [0.29, 0.717) is 12.4 Å². The first-order valence-electron chi connectivity index (χ1n) is 6.20. The lowest BCUT2D eigenvalue weighted by molar-refractivity contribution is 0.0594. The van der Waals surface area contributed by atoms with E-state index in [1.54, 1.807) is 6.07 Å². The summed E-state index contributed by atoms with van der Waals surface area (Å²) in [5.74, 6) is 0.208. The molecule has 0 amide bonds. The van der Waals surface area contributed by atoms with Gasteiger partial charge in [0, 0.05) is 11.5 Å². The van der Waals surface area contributed by atoms with Crippen molar-refractivity contribution in [3.05, 3.63) is 35.0 Å². The molecule has 19 heavy (non-hydrogen) atoms. The number of hydrogen-bond donors (Lipinski definition) is 0. The molecule has 0 unspecified atom stereocenters. The number of ether oxygens (including phenoxy) is 2. The number of carbonyl (C=O) groups is 1. The molecule has 2 rings (SSSR count). The van der Waals surface area contributed by atoms with Gasteiger partial charge in [-0.1, -0.05) is 6.07 Å². The Kier molecular flexibility index (Phi) is 3.69. The fraction of sp³-hybridized carbons (Fsp3) is 0.333. The number of aromatic nitrogens is 1. The highest BCUT2D eigenvalue weighted by atomic mass is 16.5. The first-order chi connectivity index (χ1) is 9.08. The molecule has 4 heteroatoms. The van der Waals surface area contributed by atoms with E-state index >= 15 is 0 Å². The lowest BCUT2D eigenvalue weighted by Gasteiger charge is -2.12. The third-order valence-electron chi connectivity index (χ3n) is 3.16. The maximum Gasteiger partial charge on any atom is 0.356 e. The zero-order valence-corrected chi connectivity index (χ0v) is 11.6. The summed E-state index contributed by atoms with van der Waals surface area (Å²) < 4.78 is 10.3. The average molecular weight is 259 g/mol. The van der Waals surface area contributed by atoms with Crippen LogP contribution in [0.3, 0.4) is 0 Å². The van der Waals surface area contributed by atoms with Gasteiger partial charge in [-0.2, -0.15) is 0 Å². The predicted octanol–water partition coefficient (Wildman–Crippen LogP) is 3.04. The molecule has 4 nitrogen and oxygen atoms in total. The molecule has 2 aromatic rings. The third kappa shape index (κ3) is 2.38. The second-order valence-corrected chi connectivity index (χ2v) is 4.33. The molecule has 0 aliphatic carbocycles. The Morgan fingerprint density at radius 3 is 2.68 bits per heavy atom. The topological polar surface area (TPSA) is 48.4 Å². The predicted molar refractivity (Wildman–Crippen MR) is 73.7 cm³/mol. The Morgan fingerprint density at radius 2 is 2.05 bits per heavy atom. The minimum absolute atomic E-state index is 0.271. The van der Waals surface area contributed by atoms with Crippen molar-refractivity contribution in [3.63, 3.8) is 0 Å². The molecule has 0 atom stereocenters. The molecule has 1 heterocycles. The highest BCUT2D eigenvalue weighted by molar-refractivity contribution is 5.95. The van der Waals surface area contributed by atoms with Crippen LogP contribution in [0.4, 0.5) is 0 Å². The number of esters is 1. The largest absolute Gasteiger partial charge is 0.493 e. The van der Waals surface area contributed by atoms with E-state index in [-0.39, 0.29) is 5.69 Å². The van der Waals surface area contributed by atoms with Crippen molar-refractivity contribution in [2.24, 2.45) is 0 Å². The standard InChI is InChI=1S/C15H17NO3/c1-5-19-13-8-12(15(17)18-4)16-14-10(3)9(2)6-7-11(13)14/h6-8H,5H2,1-4H3. The Labute approximate surface area is 112 Å². The molecule has 0 radical (unpaired) electrons. The monoisotopic (exact) mass is 259 g/mol. The minimum atomic E-state index is -0.455. The van der Waals surface area contributed by atoms with Gasteiger partial charge in [-0.05, 0) is 38.0 Å². The highest BCUT2D eigenvalue weighted by Crippen LogP contribution is 2.29. The van der Waals surface area contributed by atoms with Crippen molar-refractivity contribution < 1.29 is 14.3 Å². The molecule has 1 aromatic carbocycles. The van der Waals surface area contributed by atoms with Crippen LogP contribution in [0.15, 0.2) is 18.2 Å². The fourth-order valence-electron chi connectivity index (χ4n) is 1.98. The summed E-state index contributed by atoms with van der Waals surface area (Å²) in [7, 11) is 1.34. The second-order valence-electron chi connectivity index (χ2n) is 4.33. The molecule has 0 aliphatic heterocycles. The quantitative estimate of drug-likeness (QED) is 0.795. The Morgan fingerprint density at radius 1 is 1.32 bits per heavy atom. The van der Waals surface area contributed by atoms with Gasteiger partial charge in [0.1, 0.15) is 5.75 Å². The van der Waals surface area contributed by atoms with Crippen LogP contribution in [-0.2, 0) is 4.74 Å². The number of pyridine rings is 1. The summed E-state index contributed by atoms with van der Waals surface area (Å²) in [6.45, 7) is 6.45. The number of aryl methyl sites for hydroxylation is 2. The van der Waals surface area contributed by atoms with Gasteiger partial charge >= 0.3 is 5.97 Å². The number of methoxy groups -OCH3 is 1. The number of benzene rings is 1. The summed E-state index contributed by atoms with van der Waals surface area (Å²) in [5.41, 5.74) is 3.23. The number of hydrogen-bond acceptors (Lipinski definition) is 4. The van der Waals surface area contributed by atoms with Gasteiger partial charge in [-0.15, -0.1) is 0 Å². The van der Waals surface area contributed by atoms with Gasteiger partial charge < -0.3 is 9.47 Å². The normalized spacial score (nSPS) is 10.5. The first-order valence-corrected chi connectivity index (χ1v) is 6.20. The Hall–Kier alpha value is -2.10. The molecule has 100 valence electrons. The summed E-state index contributed by atoms with van der Waals surface area (Å²) in [6, 6.07) is 5.63. The molecule has 0 saturated carbocycles.